The summed E-state index contributed by atoms with van der Waals surface area (Å²) in [6.07, 6.45) is -21.4. The number of nitrogens with two attached hydrogens (primary N) is 1. The van der Waals surface area contributed by atoms with Gasteiger partial charge in [-0.15, -0.1) is 0 Å². The third-order valence-corrected chi connectivity index (χ3v) is 11.1. The first-order valence-corrected chi connectivity index (χ1v) is 23.0. The number of hydrogen-bond donors (Lipinski definition) is 30. The smallest absolute Gasteiger partial charge is 0.133 e. The van der Waals surface area contributed by atoms with Crippen molar-refractivity contribution in [1.29, 1.82) is 0 Å². The average molecular weight is 1090 g/mol. The zero-order valence-corrected chi connectivity index (χ0v) is 42.2. The van der Waals surface area contributed by atoms with Crippen molar-refractivity contribution in [1.82, 2.24) is 5.32 Å². The van der Waals surface area contributed by atoms with Crippen LogP contribution in [0.2, 0.25) is 0 Å². The molecule has 31 nitrogen and oxygen atoms in total. The maximum atomic E-state index is 10.0. The van der Waals surface area contributed by atoms with Gasteiger partial charge in [0.1, 0.15) is 55.1 Å². The van der Waals surface area contributed by atoms with Crippen LogP contribution in [-0.4, -0.2) is 344 Å². The molecule has 448 valence electrons. The molecule has 0 bridgehead atoms. The molecule has 0 fully saturated rings. The van der Waals surface area contributed by atoms with Gasteiger partial charge in [-0.1, -0.05) is 27.7 Å². The van der Waals surface area contributed by atoms with Crippen molar-refractivity contribution in [3.05, 3.63) is 0 Å². The van der Waals surface area contributed by atoms with Crippen LogP contribution in [0.15, 0.2) is 0 Å². The third-order valence-electron chi connectivity index (χ3n) is 11.1. The van der Waals surface area contributed by atoms with Gasteiger partial charge < -0.3 is 159 Å². The second-order valence-electron chi connectivity index (χ2n) is 17.1. The lowest BCUT2D eigenvalue weighted by atomic mass is 9.95. The van der Waals surface area contributed by atoms with E-state index in [-0.39, 0.29) is 6.54 Å². The Balaban J connectivity index is -0.000000185. The van der Waals surface area contributed by atoms with Crippen LogP contribution in [0.3, 0.4) is 0 Å². The number of aliphatic hydroxyl groups is 28. The minimum Gasteiger partial charge on any atom is -0.395 e. The molecule has 31 heteroatoms. The summed E-state index contributed by atoms with van der Waals surface area (Å²) in [5.74, 6) is -2.29. The number of aliphatic hydroxyl groups excluding tert-OH is 28. The third kappa shape index (κ3) is 37.0. The number of rotatable bonds is 31. The number of aldehydes is 1. The molecule has 0 saturated carbocycles. The summed E-state index contributed by atoms with van der Waals surface area (Å²) < 4.78 is 0. The molecule has 0 heterocycles. The monoisotopic (exact) mass is 1090 g/mol. The molecule has 0 aliphatic heterocycles. The molecule has 0 amide bonds. The van der Waals surface area contributed by atoms with Crippen molar-refractivity contribution in [2.75, 3.05) is 72.6 Å². The van der Waals surface area contributed by atoms with Gasteiger partial charge in [-0.2, -0.15) is 0 Å². The lowest BCUT2D eigenvalue weighted by molar-refractivity contribution is -0.108. The molecule has 0 aliphatic rings. The Bertz CT molecular complexity index is 1060. The Kier molecular flexibility index (Phi) is 55.4. The highest BCUT2D eigenvalue weighted by atomic mass is 16.4. The minimum absolute atomic E-state index is 0.0930. The van der Waals surface area contributed by atoms with Crippen LogP contribution in [0.1, 0.15) is 41.5 Å². The van der Waals surface area contributed by atoms with Gasteiger partial charge in [0.05, 0.1) is 146 Å². The predicted molar refractivity (Wildman–Crippen MR) is 253 cm³/mol. The molecule has 24 unspecified atom stereocenters. The molecular weight excluding hydrogens is 996 g/mol. The Morgan fingerprint density at radius 2 is 0.575 bits per heavy atom. The van der Waals surface area contributed by atoms with E-state index in [0.717, 1.165) is 0 Å². The maximum absolute atomic E-state index is 10.0. The molecule has 0 aromatic rings. The zero-order valence-electron chi connectivity index (χ0n) is 42.2. The molecule has 24 atom stereocenters. The van der Waals surface area contributed by atoms with Crippen LogP contribution < -0.4 is 11.1 Å². The Morgan fingerprint density at radius 1 is 0.315 bits per heavy atom. The summed E-state index contributed by atoms with van der Waals surface area (Å²) in [5.41, 5.74) is 5.16. The predicted octanol–water partition coefficient (Wildman–Crippen LogP) is -14.6. The number of carbonyl (C=O) groups is 1. The highest BCUT2D eigenvalue weighted by Gasteiger charge is 2.32. The van der Waals surface area contributed by atoms with Crippen molar-refractivity contribution in [2.45, 2.75) is 163 Å². The summed E-state index contributed by atoms with van der Waals surface area (Å²) in [6, 6.07) is -1.97. The summed E-state index contributed by atoms with van der Waals surface area (Å²) in [4.78, 5) is 10.0. The quantitative estimate of drug-likeness (QED) is 0.0287. The first-order chi connectivity index (χ1) is 33.7. The van der Waals surface area contributed by atoms with Gasteiger partial charge in [-0.05, 0) is 13.8 Å². The lowest BCUT2D eigenvalue weighted by Crippen LogP contribution is -2.53. The number of carbonyl (C=O) groups excluding carboxylic acids is 1. The largest absolute Gasteiger partial charge is 0.395 e. The SMILES string of the molecule is CC(C(O)CO)C(O)C(O)CO.CC(C(O)CO)C(O)C(O)CO.CC(O)C(C)C(O)C(O)CO.CC(O)C(O)C(C)C(O)CO.NC(CO)C(O)C(O)C(O)CO.O=CCNC(CO)C(O)C(O)C(O)CO. The maximum Gasteiger partial charge on any atom is 0.133 e. The normalized spacial score (nSPS) is 21.3. The van der Waals surface area contributed by atoms with Crippen molar-refractivity contribution in [3.63, 3.8) is 0 Å². The summed E-state index contributed by atoms with van der Waals surface area (Å²) in [5, 5.41) is 251. The van der Waals surface area contributed by atoms with Crippen molar-refractivity contribution in [3.8, 4) is 0 Å². The molecule has 0 spiro atoms. The fourth-order valence-corrected chi connectivity index (χ4v) is 5.04. The fraction of sp³-hybridized carbons (Fsp3) is 0.976. The molecule has 0 radical (unpaired) electrons. The molecule has 31 N–H and O–H groups in total. The zero-order chi connectivity index (χ0) is 59.0. The minimum atomic E-state index is -1.59. The van der Waals surface area contributed by atoms with Crippen molar-refractivity contribution >= 4 is 6.29 Å². The number of nitrogens with one attached hydrogen (secondary N) is 1. The van der Waals surface area contributed by atoms with Crippen LogP contribution in [0, 0.1) is 23.7 Å². The Morgan fingerprint density at radius 3 is 0.808 bits per heavy atom. The lowest BCUT2D eigenvalue weighted by Gasteiger charge is -2.27. The van der Waals surface area contributed by atoms with Gasteiger partial charge in [-0.3, -0.25) is 0 Å². The molecule has 0 aromatic heterocycles. The van der Waals surface area contributed by atoms with E-state index < -0.39 is 212 Å². The van der Waals surface area contributed by atoms with Gasteiger partial charge in [0.25, 0.3) is 0 Å². The topological polar surface area (TPSA) is 622 Å². The van der Waals surface area contributed by atoms with E-state index in [4.69, 9.17) is 118 Å². The molecule has 0 rings (SSSR count). The van der Waals surface area contributed by atoms with E-state index >= 15 is 0 Å². The van der Waals surface area contributed by atoms with Gasteiger partial charge >= 0.3 is 0 Å². The fourth-order valence-electron chi connectivity index (χ4n) is 5.04. The highest BCUT2D eigenvalue weighted by Crippen LogP contribution is 2.14. The van der Waals surface area contributed by atoms with Gasteiger partial charge in [0.15, 0.2) is 0 Å². The molecular formula is C42H96N2O29. The van der Waals surface area contributed by atoms with Gasteiger partial charge in [0.2, 0.25) is 0 Å². The summed E-state index contributed by atoms with van der Waals surface area (Å²) in [7, 11) is 0. The van der Waals surface area contributed by atoms with Gasteiger partial charge in [0, 0.05) is 23.7 Å². The molecule has 73 heavy (non-hydrogen) atoms. The second-order valence-corrected chi connectivity index (χ2v) is 17.1. The number of hydrogen-bond acceptors (Lipinski definition) is 31. The Labute approximate surface area is 424 Å². The van der Waals surface area contributed by atoms with E-state index in [9.17, 15) is 35.4 Å². The summed E-state index contributed by atoms with van der Waals surface area (Å²) in [6.45, 7) is 3.64. The first kappa shape index (κ1) is 82.8. The van der Waals surface area contributed by atoms with E-state index in [1.54, 1.807) is 13.8 Å². The van der Waals surface area contributed by atoms with Crippen molar-refractivity contribution < 1.29 is 148 Å². The molecule has 0 aliphatic carbocycles. The average Bonchev–Trinajstić information content (AvgIpc) is 3.41. The van der Waals surface area contributed by atoms with E-state index in [1.165, 1.54) is 27.7 Å². The molecule has 0 saturated heterocycles. The van der Waals surface area contributed by atoms with Crippen LogP contribution in [0.5, 0.6) is 0 Å². The van der Waals surface area contributed by atoms with Gasteiger partial charge in [-0.25, -0.2) is 0 Å². The second kappa shape index (κ2) is 48.8. The summed E-state index contributed by atoms with van der Waals surface area (Å²) >= 11 is 0. The van der Waals surface area contributed by atoms with E-state index in [1.807, 2.05) is 0 Å². The highest BCUT2D eigenvalue weighted by molar-refractivity contribution is 5.51. The van der Waals surface area contributed by atoms with Crippen LogP contribution in [0.4, 0.5) is 0 Å². The first-order valence-electron chi connectivity index (χ1n) is 23.0. The van der Waals surface area contributed by atoms with Crippen LogP contribution >= 0.6 is 0 Å². The van der Waals surface area contributed by atoms with Crippen LogP contribution in [0.25, 0.3) is 0 Å². The van der Waals surface area contributed by atoms with E-state index in [2.05, 4.69) is 5.32 Å². The molecule has 0 aromatic carbocycles. The Hall–Kier alpha value is -1.53. The standard InChI is InChI=1S/C8H17NO6.2C7H16O5.2C7H16O4.C6H15NO5/c10-2-1-9-5(3-11)7(14)8(15)6(13)4-12;2*1-4(5(10)2-8)7(12)6(11)3-9;1-4(6(10)3-8)7(11)5(2)9;1-4(5(2)9)7(11)6(10)3-8;7-3(1-8)5(11)6(12)4(10)2-9/h2,5-9,11-15H,1,3-4H2;2*4-12H,2-3H2,1H3;2*4-11H,3H2,1-2H3;3-6,8-12H,1-2,7H2. The van der Waals surface area contributed by atoms with Crippen LogP contribution in [-0.2, 0) is 4.79 Å². The van der Waals surface area contributed by atoms with Crippen molar-refractivity contribution in [2.24, 2.45) is 29.4 Å². The van der Waals surface area contributed by atoms with E-state index in [0.29, 0.717) is 6.29 Å².